The van der Waals surface area contributed by atoms with Crippen LogP contribution in [0.4, 0.5) is 5.69 Å². The molecule has 1 saturated heterocycles. The van der Waals surface area contributed by atoms with Gasteiger partial charge in [0.15, 0.2) is 0 Å². The van der Waals surface area contributed by atoms with Crippen LogP contribution < -0.4 is 10.5 Å². The van der Waals surface area contributed by atoms with E-state index in [1.54, 1.807) is 18.1 Å². The molecule has 0 saturated carbocycles. The molecular formula is C11H15BrN4O2. The molecule has 0 aromatic carbocycles. The lowest BCUT2D eigenvalue weighted by Gasteiger charge is -2.35. The Labute approximate surface area is 113 Å². The molecule has 2 rings (SSSR count). The summed E-state index contributed by atoms with van der Waals surface area (Å²) in [5.41, 5.74) is 0.486. The highest BCUT2D eigenvalue weighted by molar-refractivity contribution is 9.10. The second kappa shape index (κ2) is 5.09. The van der Waals surface area contributed by atoms with Crippen molar-refractivity contribution in [1.82, 2.24) is 14.7 Å². The number of hydrogen-bond donors (Lipinski definition) is 0. The van der Waals surface area contributed by atoms with Crippen molar-refractivity contribution in [3.05, 3.63) is 21.0 Å². The van der Waals surface area contributed by atoms with Gasteiger partial charge in [-0.2, -0.15) is 5.10 Å². The summed E-state index contributed by atoms with van der Waals surface area (Å²) < 4.78 is 1.72. The van der Waals surface area contributed by atoms with E-state index in [9.17, 15) is 9.59 Å². The molecule has 6 nitrogen and oxygen atoms in total. The lowest BCUT2D eigenvalue weighted by atomic mass is 10.2. The first-order chi connectivity index (χ1) is 8.54. The maximum Gasteiger partial charge on any atom is 0.282 e. The fourth-order valence-electron chi connectivity index (χ4n) is 1.97. The zero-order chi connectivity index (χ0) is 13.3. The Kier molecular flexibility index (Phi) is 3.70. The van der Waals surface area contributed by atoms with Crippen LogP contribution in [0.25, 0.3) is 0 Å². The van der Waals surface area contributed by atoms with E-state index in [-0.39, 0.29) is 11.5 Å². The summed E-state index contributed by atoms with van der Waals surface area (Å²) in [5, 5.41) is 3.99. The predicted molar refractivity (Wildman–Crippen MR) is 71.6 cm³/mol. The highest BCUT2D eigenvalue weighted by Crippen LogP contribution is 2.22. The van der Waals surface area contributed by atoms with Gasteiger partial charge >= 0.3 is 0 Å². The summed E-state index contributed by atoms with van der Waals surface area (Å²) in [6.07, 6.45) is 1.61. The van der Waals surface area contributed by atoms with Crippen LogP contribution in [0.15, 0.2) is 15.5 Å². The Morgan fingerprint density at radius 1 is 1.39 bits per heavy atom. The number of aromatic nitrogens is 2. The smallest absolute Gasteiger partial charge is 0.282 e. The molecule has 0 aliphatic carbocycles. The molecule has 0 atom stereocenters. The summed E-state index contributed by atoms with van der Waals surface area (Å²) in [4.78, 5) is 27.3. The zero-order valence-electron chi connectivity index (χ0n) is 10.4. The number of carbonyl (C=O) groups excluding carboxylic acids is 1. The largest absolute Gasteiger partial charge is 0.358 e. The second-order valence-electron chi connectivity index (χ2n) is 4.17. The molecule has 1 aliphatic rings. The van der Waals surface area contributed by atoms with Crippen LogP contribution in [0.5, 0.6) is 0 Å². The Morgan fingerprint density at radius 3 is 2.72 bits per heavy atom. The average Bonchev–Trinajstić information content (AvgIpc) is 2.36. The number of amides is 1. The van der Waals surface area contributed by atoms with Crippen molar-refractivity contribution in [3.8, 4) is 0 Å². The molecule has 7 heteroatoms. The molecule has 1 amide bonds. The van der Waals surface area contributed by atoms with Gasteiger partial charge in [-0.05, 0) is 22.9 Å². The lowest BCUT2D eigenvalue weighted by Crippen LogP contribution is -2.50. The monoisotopic (exact) mass is 314 g/mol. The number of anilines is 1. The van der Waals surface area contributed by atoms with E-state index in [0.717, 1.165) is 6.54 Å². The molecule has 2 heterocycles. The third kappa shape index (κ3) is 2.27. The topological polar surface area (TPSA) is 58.4 Å². The van der Waals surface area contributed by atoms with Crippen molar-refractivity contribution in [2.24, 2.45) is 7.05 Å². The summed E-state index contributed by atoms with van der Waals surface area (Å²) in [6, 6.07) is 0. The van der Waals surface area contributed by atoms with E-state index in [0.29, 0.717) is 29.8 Å². The van der Waals surface area contributed by atoms with Gasteiger partial charge in [-0.1, -0.05) is 0 Å². The minimum Gasteiger partial charge on any atom is -0.358 e. The molecular weight excluding hydrogens is 300 g/mol. The predicted octanol–water partition coefficient (Wildman–Crippen LogP) is 0.211. The standard InChI is InChI=1S/C11H15BrN4O2/c1-3-15-4-5-16(7-9(15)17)8-6-13-14(2)11(18)10(8)12/h6H,3-5,7H2,1-2H3. The van der Waals surface area contributed by atoms with Crippen LogP contribution in [0.3, 0.4) is 0 Å². The van der Waals surface area contributed by atoms with Crippen LogP contribution in [0.2, 0.25) is 0 Å². The second-order valence-corrected chi connectivity index (χ2v) is 4.96. The van der Waals surface area contributed by atoms with Gasteiger partial charge in [-0.15, -0.1) is 0 Å². The van der Waals surface area contributed by atoms with Crippen LogP contribution in [-0.4, -0.2) is 46.8 Å². The van der Waals surface area contributed by atoms with Crippen molar-refractivity contribution in [2.45, 2.75) is 6.92 Å². The van der Waals surface area contributed by atoms with Crippen molar-refractivity contribution >= 4 is 27.5 Å². The molecule has 0 N–H and O–H groups in total. The van der Waals surface area contributed by atoms with Gasteiger partial charge in [0.2, 0.25) is 5.91 Å². The lowest BCUT2D eigenvalue weighted by molar-refractivity contribution is -0.130. The van der Waals surface area contributed by atoms with E-state index in [1.165, 1.54) is 4.68 Å². The van der Waals surface area contributed by atoms with E-state index >= 15 is 0 Å². The third-order valence-electron chi connectivity index (χ3n) is 3.10. The summed E-state index contributed by atoms with van der Waals surface area (Å²) in [6.45, 7) is 4.37. The van der Waals surface area contributed by atoms with E-state index in [1.807, 2.05) is 11.8 Å². The van der Waals surface area contributed by atoms with Gasteiger partial charge in [0.25, 0.3) is 5.56 Å². The number of likely N-dealkylation sites (N-methyl/N-ethyl adjacent to an activating group) is 1. The van der Waals surface area contributed by atoms with Gasteiger partial charge in [0.1, 0.15) is 4.47 Å². The SMILES string of the molecule is CCN1CCN(c2cnn(C)c(=O)c2Br)CC1=O. The molecule has 1 aliphatic heterocycles. The van der Waals surface area contributed by atoms with Gasteiger partial charge in [0, 0.05) is 26.7 Å². The van der Waals surface area contributed by atoms with Crippen LogP contribution in [0, 0.1) is 0 Å². The van der Waals surface area contributed by atoms with E-state index in [4.69, 9.17) is 0 Å². The third-order valence-corrected chi connectivity index (χ3v) is 3.85. The van der Waals surface area contributed by atoms with Crippen LogP contribution in [0.1, 0.15) is 6.92 Å². The molecule has 1 aromatic heterocycles. The number of hydrogen-bond acceptors (Lipinski definition) is 4. The highest BCUT2D eigenvalue weighted by Gasteiger charge is 2.25. The Hall–Kier alpha value is -1.37. The number of carbonyl (C=O) groups is 1. The maximum absolute atomic E-state index is 11.8. The fraction of sp³-hybridized carbons (Fsp3) is 0.545. The quantitative estimate of drug-likeness (QED) is 0.783. The van der Waals surface area contributed by atoms with Gasteiger partial charge < -0.3 is 9.80 Å². The average molecular weight is 315 g/mol. The normalized spacial score (nSPS) is 16.3. The number of halogens is 1. The van der Waals surface area contributed by atoms with Crippen molar-refractivity contribution in [1.29, 1.82) is 0 Å². The molecule has 0 unspecified atom stereocenters. The molecule has 0 spiro atoms. The van der Waals surface area contributed by atoms with E-state index in [2.05, 4.69) is 21.0 Å². The summed E-state index contributed by atoms with van der Waals surface area (Å²) >= 11 is 3.28. The Balaban J connectivity index is 2.27. The van der Waals surface area contributed by atoms with Crippen LogP contribution >= 0.6 is 15.9 Å². The first kappa shape index (κ1) is 13.1. The molecule has 18 heavy (non-hydrogen) atoms. The van der Waals surface area contributed by atoms with Gasteiger partial charge in [-0.25, -0.2) is 4.68 Å². The number of piperazine rings is 1. The van der Waals surface area contributed by atoms with Gasteiger partial charge in [0.05, 0.1) is 18.4 Å². The number of nitrogens with zero attached hydrogens (tertiary/aromatic N) is 4. The van der Waals surface area contributed by atoms with Crippen molar-refractivity contribution in [3.63, 3.8) is 0 Å². The minimum absolute atomic E-state index is 0.0799. The van der Waals surface area contributed by atoms with Crippen molar-refractivity contribution < 1.29 is 4.79 Å². The number of rotatable bonds is 2. The molecule has 0 radical (unpaired) electrons. The number of aryl methyl sites for hydroxylation is 1. The summed E-state index contributed by atoms with van der Waals surface area (Å²) in [5.74, 6) is 0.0799. The fourth-order valence-corrected chi connectivity index (χ4v) is 2.58. The van der Waals surface area contributed by atoms with Crippen molar-refractivity contribution in [2.75, 3.05) is 31.1 Å². The Morgan fingerprint density at radius 2 is 2.11 bits per heavy atom. The Bertz CT molecular complexity index is 528. The molecule has 1 aromatic rings. The molecule has 98 valence electrons. The van der Waals surface area contributed by atoms with Gasteiger partial charge in [-0.3, -0.25) is 9.59 Å². The van der Waals surface area contributed by atoms with E-state index < -0.39 is 0 Å². The summed E-state index contributed by atoms with van der Waals surface area (Å²) in [7, 11) is 1.59. The van der Waals surface area contributed by atoms with Crippen LogP contribution in [-0.2, 0) is 11.8 Å². The first-order valence-corrected chi connectivity index (χ1v) is 6.58. The first-order valence-electron chi connectivity index (χ1n) is 5.79. The maximum atomic E-state index is 11.8. The minimum atomic E-state index is -0.196. The molecule has 1 fully saturated rings. The zero-order valence-corrected chi connectivity index (χ0v) is 12.0. The highest BCUT2D eigenvalue weighted by atomic mass is 79.9. The molecule has 0 bridgehead atoms.